The monoisotopic (exact) mass is 287 g/mol. The van der Waals surface area contributed by atoms with Gasteiger partial charge >= 0.3 is 5.97 Å². The van der Waals surface area contributed by atoms with Gasteiger partial charge in [-0.15, -0.1) is 0 Å². The minimum Gasteiger partial charge on any atom is -0.481 e. The van der Waals surface area contributed by atoms with Crippen LogP contribution in [0.5, 0.6) is 0 Å². The average molecular weight is 287 g/mol. The quantitative estimate of drug-likeness (QED) is 0.770. The van der Waals surface area contributed by atoms with Gasteiger partial charge in [0.05, 0.1) is 6.33 Å². The summed E-state index contributed by atoms with van der Waals surface area (Å²) in [6.07, 6.45) is 7.43. The molecule has 0 aliphatic rings. The molecule has 0 unspecified atom stereocenters. The molecule has 21 heavy (non-hydrogen) atoms. The Labute approximate surface area is 124 Å². The number of hydrogen-bond acceptors (Lipinski definition) is 3. The van der Waals surface area contributed by atoms with E-state index in [0.29, 0.717) is 6.42 Å². The molecule has 112 valence electrons. The maximum absolute atomic E-state index is 10.7. The largest absolute Gasteiger partial charge is 0.481 e. The summed E-state index contributed by atoms with van der Waals surface area (Å²) in [6.45, 7) is 2.59. The fraction of sp³-hybridized carbons (Fsp3) is 0.375. The summed E-state index contributed by atoms with van der Waals surface area (Å²) in [5.74, 6) is -0.735. The third kappa shape index (κ3) is 5.30. The molecular weight excluding hydrogens is 266 g/mol. The van der Waals surface area contributed by atoms with Crippen LogP contribution in [0, 0.1) is 0 Å². The Morgan fingerprint density at radius 2 is 1.95 bits per heavy atom. The molecule has 0 aliphatic carbocycles. The van der Waals surface area contributed by atoms with Crippen molar-refractivity contribution in [3.05, 3.63) is 49.1 Å². The Balaban J connectivity index is 1.87. The normalized spacial score (nSPS) is 10.5. The summed E-state index contributed by atoms with van der Waals surface area (Å²) in [6, 6.07) is 10.1. The zero-order valence-corrected chi connectivity index (χ0v) is 12.1. The molecule has 1 N–H and O–H groups in total. The number of anilines is 1. The van der Waals surface area contributed by atoms with Gasteiger partial charge < -0.3 is 14.6 Å². The van der Waals surface area contributed by atoms with Gasteiger partial charge in [0, 0.05) is 44.1 Å². The van der Waals surface area contributed by atoms with Crippen molar-refractivity contribution in [3.8, 4) is 0 Å². The van der Waals surface area contributed by atoms with Crippen LogP contribution in [0.25, 0.3) is 0 Å². The van der Waals surface area contributed by atoms with E-state index in [0.717, 1.165) is 31.7 Å². The van der Waals surface area contributed by atoms with Crippen molar-refractivity contribution < 1.29 is 9.90 Å². The van der Waals surface area contributed by atoms with E-state index in [2.05, 4.69) is 26.6 Å². The van der Waals surface area contributed by atoms with E-state index in [1.165, 1.54) is 0 Å². The first-order valence-electron chi connectivity index (χ1n) is 7.23. The van der Waals surface area contributed by atoms with E-state index in [1.54, 1.807) is 6.20 Å². The Morgan fingerprint density at radius 3 is 2.62 bits per heavy atom. The summed E-state index contributed by atoms with van der Waals surface area (Å²) in [5, 5.41) is 8.77. The van der Waals surface area contributed by atoms with E-state index >= 15 is 0 Å². The fourth-order valence-corrected chi connectivity index (χ4v) is 2.29. The maximum Gasteiger partial charge on any atom is 0.303 e. The number of nitrogens with zero attached hydrogens (tertiary/aromatic N) is 3. The number of hydrogen-bond donors (Lipinski definition) is 1. The molecule has 0 amide bonds. The van der Waals surface area contributed by atoms with Crippen molar-refractivity contribution in [3.63, 3.8) is 0 Å². The number of aryl methyl sites for hydroxylation is 1. The van der Waals surface area contributed by atoms with Gasteiger partial charge in [-0.1, -0.05) is 18.2 Å². The number of imidazole rings is 1. The highest BCUT2D eigenvalue weighted by molar-refractivity contribution is 5.66. The number of carboxylic acid groups (broad SMARTS) is 1. The van der Waals surface area contributed by atoms with Gasteiger partial charge in [-0.25, -0.2) is 4.98 Å². The first-order valence-corrected chi connectivity index (χ1v) is 7.23. The molecule has 0 aliphatic heterocycles. The second-order valence-corrected chi connectivity index (χ2v) is 4.97. The van der Waals surface area contributed by atoms with Crippen LogP contribution < -0.4 is 4.90 Å². The SMILES string of the molecule is O=C(O)CCCN(CCCn1ccnc1)c1ccccc1. The molecule has 0 radical (unpaired) electrons. The number of benzene rings is 1. The summed E-state index contributed by atoms with van der Waals surface area (Å²) >= 11 is 0. The minimum absolute atomic E-state index is 0.213. The van der Waals surface area contributed by atoms with Gasteiger partial charge in [-0.05, 0) is 25.0 Å². The number of para-hydroxylation sites is 1. The first-order chi connectivity index (χ1) is 10.3. The number of aromatic nitrogens is 2. The van der Waals surface area contributed by atoms with Crippen molar-refractivity contribution >= 4 is 11.7 Å². The molecule has 5 heteroatoms. The highest BCUT2D eigenvalue weighted by atomic mass is 16.4. The van der Waals surface area contributed by atoms with Crippen LogP contribution in [0.4, 0.5) is 5.69 Å². The topological polar surface area (TPSA) is 58.4 Å². The maximum atomic E-state index is 10.7. The van der Waals surface area contributed by atoms with Crippen LogP contribution in [0.15, 0.2) is 49.1 Å². The molecular formula is C16H21N3O2. The lowest BCUT2D eigenvalue weighted by molar-refractivity contribution is -0.137. The number of carbonyl (C=O) groups is 1. The lowest BCUT2D eigenvalue weighted by atomic mass is 10.2. The number of aliphatic carboxylic acids is 1. The van der Waals surface area contributed by atoms with Gasteiger partial charge in [0.15, 0.2) is 0 Å². The van der Waals surface area contributed by atoms with Gasteiger partial charge in [0.1, 0.15) is 0 Å². The third-order valence-electron chi connectivity index (χ3n) is 3.34. The van der Waals surface area contributed by atoms with E-state index in [4.69, 9.17) is 5.11 Å². The van der Waals surface area contributed by atoms with Crippen LogP contribution in [0.2, 0.25) is 0 Å². The van der Waals surface area contributed by atoms with Crippen molar-refractivity contribution in [2.24, 2.45) is 0 Å². The van der Waals surface area contributed by atoms with Gasteiger partial charge in [0.2, 0.25) is 0 Å². The molecule has 0 bridgehead atoms. The van der Waals surface area contributed by atoms with Gasteiger partial charge in [-0.2, -0.15) is 0 Å². The molecule has 0 atom stereocenters. The van der Waals surface area contributed by atoms with E-state index in [1.807, 2.05) is 30.7 Å². The van der Waals surface area contributed by atoms with Crippen molar-refractivity contribution in [2.45, 2.75) is 25.8 Å². The first kappa shape index (κ1) is 15.1. The van der Waals surface area contributed by atoms with Gasteiger partial charge in [0.25, 0.3) is 0 Å². The number of carboxylic acids is 1. The molecule has 0 fully saturated rings. The van der Waals surface area contributed by atoms with E-state index in [9.17, 15) is 4.79 Å². The highest BCUT2D eigenvalue weighted by Crippen LogP contribution is 2.14. The second-order valence-electron chi connectivity index (χ2n) is 4.97. The van der Waals surface area contributed by atoms with Crippen LogP contribution in [0.1, 0.15) is 19.3 Å². The molecule has 1 aromatic heterocycles. The average Bonchev–Trinajstić information content (AvgIpc) is 2.99. The lowest BCUT2D eigenvalue weighted by Crippen LogP contribution is -2.26. The summed E-state index contributed by atoms with van der Waals surface area (Å²) in [4.78, 5) is 16.9. The standard InChI is InChI=1S/C16H21N3O2/c20-16(21)8-4-11-19(15-6-2-1-3-7-15)12-5-10-18-13-9-17-14-18/h1-3,6-7,9,13-14H,4-5,8,10-12H2,(H,20,21). The van der Waals surface area contributed by atoms with Gasteiger partial charge in [-0.3, -0.25) is 4.79 Å². The van der Waals surface area contributed by atoms with E-state index in [-0.39, 0.29) is 6.42 Å². The van der Waals surface area contributed by atoms with E-state index < -0.39 is 5.97 Å². The Morgan fingerprint density at radius 1 is 1.19 bits per heavy atom. The summed E-state index contributed by atoms with van der Waals surface area (Å²) < 4.78 is 2.06. The minimum atomic E-state index is -0.735. The summed E-state index contributed by atoms with van der Waals surface area (Å²) in [7, 11) is 0. The smallest absolute Gasteiger partial charge is 0.303 e. The molecule has 0 saturated carbocycles. The van der Waals surface area contributed by atoms with Crippen molar-refractivity contribution in [1.29, 1.82) is 0 Å². The molecule has 0 saturated heterocycles. The van der Waals surface area contributed by atoms with Crippen LogP contribution in [-0.4, -0.2) is 33.7 Å². The van der Waals surface area contributed by atoms with Crippen molar-refractivity contribution in [2.75, 3.05) is 18.0 Å². The molecule has 2 aromatic rings. The fourth-order valence-electron chi connectivity index (χ4n) is 2.29. The molecule has 1 heterocycles. The molecule has 1 aromatic carbocycles. The van der Waals surface area contributed by atoms with Crippen LogP contribution in [-0.2, 0) is 11.3 Å². The predicted octanol–water partition coefficient (Wildman–Crippen LogP) is 2.64. The highest BCUT2D eigenvalue weighted by Gasteiger charge is 2.07. The molecule has 2 rings (SSSR count). The zero-order valence-electron chi connectivity index (χ0n) is 12.1. The zero-order chi connectivity index (χ0) is 14.9. The number of rotatable bonds is 9. The van der Waals surface area contributed by atoms with Crippen molar-refractivity contribution in [1.82, 2.24) is 9.55 Å². The Kier molecular flexibility index (Phi) is 5.82. The third-order valence-corrected chi connectivity index (χ3v) is 3.34. The second kappa shape index (κ2) is 8.09. The Hall–Kier alpha value is -2.30. The summed E-state index contributed by atoms with van der Waals surface area (Å²) in [5.41, 5.74) is 1.15. The van der Waals surface area contributed by atoms with Crippen LogP contribution >= 0.6 is 0 Å². The predicted molar refractivity (Wildman–Crippen MR) is 82.4 cm³/mol. The molecule has 5 nitrogen and oxygen atoms in total. The molecule has 0 spiro atoms. The van der Waals surface area contributed by atoms with Crippen LogP contribution in [0.3, 0.4) is 0 Å². The Bertz CT molecular complexity index is 526. The lowest BCUT2D eigenvalue weighted by Gasteiger charge is -2.24.